The number of non-ortho nitro benzene ring substituents is 2. The zero-order valence-corrected chi connectivity index (χ0v) is 14.5. The van der Waals surface area contributed by atoms with Crippen molar-refractivity contribution in [2.75, 3.05) is 26.2 Å². The summed E-state index contributed by atoms with van der Waals surface area (Å²) < 4.78 is 0. The molecule has 9 heteroatoms. The fraction of sp³-hybridized carbons (Fsp3) is 0.278. The van der Waals surface area contributed by atoms with E-state index < -0.39 is 9.85 Å². The predicted octanol–water partition coefficient (Wildman–Crippen LogP) is 1.04. The molecule has 0 aromatic heterocycles. The maximum absolute atomic E-state index is 12.5. The van der Waals surface area contributed by atoms with Gasteiger partial charge in [0, 0.05) is 35.4 Å². The Hall–Kier alpha value is -3.33. The number of nitrogens with zero attached hydrogens (tertiary/aromatic N) is 3. The van der Waals surface area contributed by atoms with Crippen molar-refractivity contribution < 1.29 is 19.5 Å². The van der Waals surface area contributed by atoms with Crippen LogP contribution in [0.5, 0.6) is 0 Å². The molecule has 9 nitrogen and oxygen atoms in total. The van der Waals surface area contributed by atoms with Gasteiger partial charge >= 0.3 is 0 Å². The van der Waals surface area contributed by atoms with E-state index in [1.165, 1.54) is 35.2 Å². The van der Waals surface area contributed by atoms with Crippen LogP contribution in [0.25, 0.3) is 0 Å². The lowest BCUT2D eigenvalue weighted by atomic mass is 10.1. The number of hydrogen-bond donors (Lipinski definition) is 1. The van der Waals surface area contributed by atoms with E-state index >= 15 is 0 Å². The van der Waals surface area contributed by atoms with Crippen molar-refractivity contribution in [1.82, 2.24) is 4.90 Å². The van der Waals surface area contributed by atoms with Crippen LogP contribution in [0.2, 0.25) is 0 Å². The summed E-state index contributed by atoms with van der Waals surface area (Å²) in [6.45, 7) is 3.28. The van der Waals surface area contributed by atoms with Gasteiger partial charge in [-0.1, -0.05) is 12.1 Å². The lowest BCUT2D eigenvalue weighted by Gasteiger charge is -2.32. The molecule has 1 saturated heterocycles. The minimum Gasteiger partial charge on any atom is -0.328 e. The van der Waals surface area contributed by atoms with Gasteiger partial charge in [0.2, 0.25) is 0 Å². The number of benzene rings is 2. The van der Waals surface area contributed by atoms with Gasteiger partial charge in [-0.2, -0.15) is 0 Å². The molecule has 0 aliphatic carbocycles. The number of carbonyl (C=O) groups excluding carboxylic acids is 1. The van der Waals surface area contributed by atoms with Crippen LogP contribution in [-0.2, 0) is 6.54 Å². The van der Waals surface area contributed by atoms with Gasteiger partial charge in [-0.25, -0.2) is 0 Å². The Morgan fingerprint density at radius 1 is 0.963 bits per heavy atom. The van der Waals surface area contributed by atoms with E-state index in [-0.39, 0.29) is 17.3 Å². The van der Waals surface area contributed by atoms with Crippen LogP contribution in [0.15, 0.2) is 48.5 Å². The smallest absolute Gasteiger partial charge is 0.269 e. The Morgan fingerprint density at radius 3 is 2.19 bits per heavy atom. The summed E-state index contributed by atoms with van der Waals surface area (Å²) in [5.74, 6) is -0.140. The standard InChI is InChI=1S/C18H18N4O5/c23-18(15-4-6-16(7-5-15)21(24)25)20-10-8-19(9-11-20)13-14-2-1-3-17(12-14)22(26)27/h1-7,12H,8-11,13H2/p+1. The largest absolute Gasteiger partial charge is 0.328 e. The monoisotopic (exact) mass is 371 g/mol. The summed E-state index contributed by atoms with van der Waals surface area (Å²) in [7, 11) is 0. The molecule has 1 aliphatic rings. The second-order valence-corrected chi connectivity index (χ2v) is 6.45. The average molecular weight is 371 g/mol. The zero-order chi connectivity index (χ0) is 19.4. The minimum atomic E-state index is -0.496. The first kappa shape index (κ1) is 18.5. The van der Waals surface area contributed by atoms with Gasteiger partial charge in [0.15, 0.2) is 0 Å². The van der Waals surface area contributed by atoms with E-state index in [1.807, 2.05) is 6.07 Å². The van der Waals surface area contributed by atoms with Gasteiger partial charge in [0.1, 0.15) is 6.54 Å². The fourth-order valence-electron chi connectivity index (χ4n) is 3.18. The lowest BCUT2D eigenvalue weighted by molar-refractivity contribution is -0.917. The second-order valence-electron chi connectivity index (χ2n) is 6.45. The predicted molar refractivity (Wildman–Crippen MR) is 96.5 cm³/mol. The zero-order valence-electron chi connectivity index (χ0n) is 14.5. The van der Waals surface area contributed by atoms with Gasteiger partial charge < -0.3 is 9.80 Å². The van der Waals surface area contributed by atoms with E-state index in [9.17, 15) is 25.0 Å². The molecular formula is C18H19N4O5+. The third-order valence-electron chi connectivity index (χ3n) is 4.66. The van der Waals surface area contributed by atoms with Crippen LogP contribution in [0.4, 0.5) is 11.4 Å². The van der Waals surface area contributed by atoms with Crippen molar-refractivity contribution in [2.24, 2.45) is 0 Å². The third-order valence-corrected chi connectivity index (χ3v) is 4.66. The number of hydrogen-bond acceptors (Lipinski definition) is 5. The molecular weight excluding hydrogens is 352 g/mol. The number of quaternary nitrogens is 1. The molecule has 1 heterocycles. The highest BCUT2D eigenvalue weighted by Crippen LogP contribution is 2.14. The highest BCUT2D eigenvalue weighted by molar-refractivity contribution is 5.94. The van der Waals surface area contributed by atoms with Crippen LogP contribution in [0.1, 0.15) is 15.9 Å². The molecule has 0 bridgehead atoms. The van der Waals surface area contributed by atoms with Crippen LogP contribution in [0.3, 0.4) is 0 Å². The van der Waals surface area contributed by atoms with Crippen LogP contribution < -0.4 is 4.90 Å². The summed E-state index contributed by atoms with van der Waals surface area (Å²) in [4.78, 5) is 36.2. The molecule has 2 aromatic carbocycles. The Balaban J connectivity index is 1.56. The lowest BCUT2D eigenvalue weighted by Crippen LogP contribution is -3.13. The van der Waals surface area contributed by atoms with E-state index in [4.69, 9.17) is 0 Å². The fourth-order valence-corrected chi connectivity index (χ4v) is 3.18. The molecule has 1 N–H and O–H groups in total. The van der Waals surface area contributed by atoms with Crippen molar-refractivity contribution in [1.29, 1.82) is 0 Å². The maximum Gasteiger partial charge on any atom is 0.269 e. The van der Waals surface area contributed by atoms with Crippen molar-refractivity contribution in [3.05, 3.63) is 79.9 Å². The third kappa shape index (κ3) is 4.45. The number of rotatable bonds is 5. The molecule has 0 saturated carbocycles. The van der Waals surface area contributed by atoms with Crippen LogP contribution >= 0.6 is 0 Å². The van der Waals surface area contributed by atoms with Crippen molar-refractivity contribution in [2.45, 2.75) is 6.54 Å². The second kappa shape index (κ2) is 7.92. The molecule has 140 valence electrons. The molecule has 1 aliphatic heterocycles. The topological polar surface area (TPSA) is 111 Å². The number of nitrogens with one attached hydrogen (secondary N) is 1. The molecule has 0 unspecified atom stereocenters. The molecule has 2 aromatic rings. The molecule has 0 spiro atoms. The van der Waals surface area contributed by atoms with E-state index in [0.29, 0.717) is 25.2 Å². The Bertz CT molecular complexity index is 860. The Kier molecular flexibility index (Phi) is 5.41. The summed E-state index contributed by atoms with van der Waals surface area (Å²) in [5, 5.41) is 21.6. The Labute approximate surface area is 155 Å². The summed E-state index contributed by atoms with van der Waals surface area (Å²) in [6.07, 6.45) is 0. The number of nitro groups is 2. The molecule has 1 amide bonds. The number of amides is 1. The summed E-state index contributed by atoms with van der Waals surface area (Å²) >= 11 is 0. The first-order valence-electron chi connectivity index (χ1n) is 8.54. The molecule has 1 fully saturated rings. The maximum atomic E-state index is 12.5. The quantitative estimate of drug-likeness (QED) is 0.624. The number of nitro benzene ring substituents is 2. The number of carbonyl (C=O) groups is 1. The minimum absolute atomic E-state index is 0.0437. The molecule has 0 radical (unpaired) electrons. The average Bonchev–Trinajstić information content (AvgIpc) is 2.68. The van der Waals surface area contributed by atoms with E-state index in [0.717, 1.165) is 18.7 Å². The van der Waals surface area contributed by atoms with Crippen LogP contribution in [0, 0.1) is 20.2 Å². The number of piperazine rings is 1. The van der Waals surface area contributed by atoms with Gasteiger partial charge in [-0.15, -0.1) is 0 Å². The SMILES string of the molecule is O=C(c1ccc([N+](=O)[O-])cc1)N1CC[NH+](Cc2cccc([N+](=O)[O-])c2)CC1. The van der Waals surface area contributed by atoms with Crippen molar-refractivity contribution in [3.63, 3.8) is 0 Å². The molecule has 27 heavy (non-hydrogen) atoms. The Morgan fingerprint density at radius 2 is 1.59 bits per heavy atom. The molecule has 3 rings (SSSR count). The highest BCUT2D eigenvalue weighted by atomic mass is 16.6. The van der Waals surface area contributed by atoms with Gasteiger partial charge in [-0.05, 0) is 12.1 Å². The highest BCUT2D eigenvalue weighted by Gasteiger charge is 2.25. The summed E-state index contributed by atoms with van der Waals surface area (Å²) in [6, 6.07) is 12.2. The van der Waals surface area contributed by atoms with Gasteiger partial charge in [0.25, 0.3) is 17.3 Å². The van der Waals surface area contributed by atoms with Crippen LogP contribution in [-0.4, -0.2) is 46.8 Å². The van der Waals surface area contributed by atoms with Crippen molar-refractivity contribution >= 4 is 17.3 Å². The molecule has 0 atom stereocenters. The van der Waals surface area contributed by atoms with E-state index in [1.54, 1.807) is 17.0 Å². The van der Waals surface area contributed by atoms with Crippen molar-refractivity contribution in [3.8, 4) is 0 Å². The first-order valence-corrected chi connectivity index (χ1v) is 8.54. The van der Waals surface area contributed by atoms with Gasteiger partial charge in [-0.3, -0.25) is 25.0 Å². The van der Waals surface area contributed by atoms with Gasteiger partial charge in [0.05, 0.1) is 36.0 Å². The normalized spacial score (nSPS) is 14.7. The summed E-state index contributed by atoms with van der Waals surface area (Å²) in [5.41, 5.74) is 1.37. The first-order chi connectivity index (χ1) is 12.9. The van der Waals surface area contributed by atoms with E-state index in [2.05, 4.69) is 0 Å².